The van der Waals surface area contributed by atoms with E-state index in [1.54, 1.807) is 6.07 Å². The number of aromatic nitrogens is 1. The number of nitrogen functional groups attached to an aromatic ring is 1. The first-order valence-electron chi connectivity index (χ1n) is 5.53. The van der Waals surface area contributed by atoms with Crippen LogP contribution in [-0.4, -0.2) is 16.1 Å². The van der Waals surface area contributed by atoms with Gasteiger partial charge in [-0.15, -0.1) is 0 Å². The molecule has 104 valence electrons. The molecule has 1 heterocycles. The maximum absolute atomic E-state index is 13.2. The second-order valence-electron chi connectivity index (χ2n) is 3.93. The number of halogens is 2. The molecule has 0 aliphatic rings. The summed E-state index contributed by atoms with van der Waals surface area (Å²) in [4.78, 5) is 14.9. The first kappa shape index (κ1) is 14.3. The number of rotatable bonds is 4. The van der Waals surface area contributed by atoms with E-state index in [-0.39, 0.29) is 23.6 Å². The van der Waals surface area contributed by atoms with E-state index in [1.807, 2.05) is 0 Å². The Kier molecular flexibility index (Phi) is 4.19. The fraction of sp³-hybridized carbons (Fsp3) is 0.0769. The van der Waals surface area contributed by atoms with Gasteiger partial charge in [0.15, 0.2) is 11.6 Å². The molecule has 7 heteroatoms. The van der Waals surface area contributed by atoms with Crippen molar-refractivity contribution in [3.63, 3.8) is 0 Å². The molecule has 1 aromatic carbocycles. The number of aromatic carboxylic acids is 1. The van der Waals surface area contributed by atoms with Crippen LogP contribution < -0.4 is 10.5 Å². The summed E-state index contributed by atoms with van der Waals surface area (Å²) < 4.78 is 19.3. The van der Waals surface area contributed by atoms with Gasteiger partial charge in [0.05, 0.1) is 5.56 Å². The van der Waals surface area contributed by atoms with Crippen LogP contribution in [0.1, 0.15) is 15.9 Å². The van der Waals surface area contributed by atoms with Crippen molar-refractivity contribution < 1.29 is 19.0 Å². The third kappa shape index (κ3) is 3.24. The van der Waals surface area contributed by atoms with Crippen LogP contribution in [0.3, 0.4) is 0 Å². The number of nitrogens with two attached hydrogens (primary N) is 1. The van der Waals surface area contributed by atoms with Crippen LogP contribution >= 0.6 is 15.9 Å². The van der Waals surface area contributed by atoms with E-state index >= 15 is 0 Å². The fourth-order valence-electron chi connectivity index (χ4n) is 1.59. The molecule has 0 bridgehead atoms. The highest BCUT2D eigenvalue weighted by atomic mass is 79.9. The minimum absolute atomic E-state index is 0.0204. The van der Waals surface area contributed by atoms with Crippen LogP contribution in [0.5, 0.6) is 5.75 Å². The highest BCUT2D eigenvalue weighted by Crippen LogP contribution is 2.24. The normalized spacial score (nSPS) is 10.3. The summed E-state index contributed by atoms with van der Waals surface area (Å²) in [5.41, 5.74) is 5.83. The largest absolute Gasteiger partial charge is 0.485 e. The predicted octanol–water partition coefficient (Wildman–Crippen LogP) is 2.84. The van der Waals surface area contributed by atoms with Gasteiger partial charge in [-0.05, 0) is 40.2 Å². The molecule has 0 amide bonds. The number of hydrogen-bond acceptors (Lipinski definition) is 4. The lowest BCUT2D eigenvalue weighted by atomic mass is 10.1. The third-order valence-electron chi connectivity index (χ3n) is 2.53. The number of hydrogen-bond donors (Lipinski definition) is 2. The Morgan fingerprint density at radius 1 is 1.45 bits per heavy atom. The van der Waals surface area contributed by atoms with Crippen molar-refractivity contribution in [3.05, 3.63) is 51.9 Å². The number of ether oxygens (including phenoxy) is 1. The zero-order valence-corrected chi connectivity index (χ0v) is 11.7. The number of anilines is 1. The molecule has 0 atom stereocenters. The lowest BCUT2D eigenvalue weighted by Gasteiger charge is -2.10. The van der Waals surface area contributed by atoms with E-state index in [2.05, 4.69) is 20.9 Å². The predicted molar refractivity (Wildman–Crippen MR) is 74.0 cm³/mol. The Bertz CT molecular complexity index is 664. The van der Waals surface area contributed by atoms with Crippen molar-refractivity contribution in [2.75, 3.05) is 5.73 Å². The molecule has 0 radical (unpaired) electrons. The summed E-state index contributed by atoms with van der Waals surface area (Å²) in [6, 6.07) is 4.99. The molecule has 20 heavy (non-hydrogen) atoms. The lowest BCUT2D eigenvalue weighted by Crippen LogP contribution is -2.07. The number of carbonyl (C=O) groups is 1. The van der Waals surface area contributed by atoms with E-state index < -0.39 is 11.8 Å². The quantitative estimate of drug-likeness (QED) is 0.893. The van der Waals surface area contributed by atoms with Crippen LogP contribution in [0.15, 0.2) is 34.9 Å². The highest BCUT2D eigenvalue weighted by Gasteiger charge is 2.12. The van der Waals surface area contributed by atoms with Gasteiger partial charge >= 0.3 is 5.97 Å². The molecule has 1 aromatic heterocycles. The minimum atomic E-state index is -1.15. The average molecular weight is 341 g/mol. The highest BCUT2D eigenvalue weighted by molar-refractivity contribution is 9.10. The number of pyridine rings is 1. The Morgan fingerprint density at radius 3 is 2.90 bits per heavy atom. The zero-order valence-electron chi connectivity index (χ0n) is 10.1. The second-order valence-corrected chi connectivity index (χ2v) is 4.85. The third-order valence-corrected chi connectivity index (χ3v) is 2.96. The standard InChI is InChI=1S/C13H10BrFN2O3/c14-8-4-11(12(16)17-5-8)20-6-7-3-9(15)1-2-10(7)13(18)19/h1-5H,6H2,(H2,16,17)(H,18,19). The van der Waals surface area contributed by atoms with E-state index in [0.717, 1.165) is 12.1 Å². The maximum atomic E-state index is 13.2. The topological polar surface area (TPSA) is 85.4 Å². The van der Waals surface area contributed by atoms with Crippen molar-refractivity contribution >= 4 is 27.7 Å². The van der Waals surface area contributed by atoms with Crippen molar-refractivity contribution in [2.24, 2.45) is 0 Å². The summed E-state index contributed by atoms with van der Waals surface area (Å²) in [7, 11) is 0. The smallest absolute Gasteiger partial charge is 0.336 e. The van der Waals surface area contributed by atoms with Gasteiger partial charge in [-0.25, -0.2) is 14.2 Å². The van der Waals surface area contributed by atoms with Gasteiger partial charge in [0.2, 0.25) is 0 Å². The van der Waals surface area contributed by atoms with Crippen LogP contribution in [0.4, 0.5) is 10.2 Å². The fourth-order valence-corrected chi connectivity index (χ4v) is 1.90. The van der Waals surface area contributed by atoms with E-state index in [0.29, 0.717) is 10.2 Å². The first-order chi connectivity index (χ1) is 9.47. The van der Waals surface area contributed by atoms with Gasteiger partial charge in [-0.3, -0.25) is 0 Å². The molecule has 0 aliphatic heterocycles. The molecule has 3 N–H and O–H groups in total. The summed E-state index contributed by atoms with van der Waals surface area (Å²) in [6.45, 7) is -0.123. The van der Waals surface area contributed by atoms with Gasteiger partial charge in [-0.1, -0.05) is 0 Å². The van der Waals surface area contributed by atoms with Crippen molar-refractivity contribution in [2.45, 2.75) is 6.61 Å². The molecule has 0 unspecified atom stereocenters. The van der Waals surface area contributed by atoms with Crippen LogP contribution in [0.25, 0.3) is 0 Å². The second kappa shape index (κ2) is 5.87. The van der Waals surface area contributed by atoms with Crippen molar-refractivity contribution in [1.82, 2.24) is 4.98 Å². The monoisotopic (exact) mass is 340 g/mol. The number of carboxylic acid groups (broad SMARTS) is 1. The van der Waals surface area contributed by atoms with Crippen LogP contribution in [0.2, 0.25) is 0 Å². The summed E-state index contributed by atoms with van der Waals surface area (Å²) >= 11 is 3.22. The van der Waals surface area contributed by atoms with Gasteiger partial charge in [-0.2, -0.15) is 0 Å². The Labute approximate surface area is 122 Å². The summed E-state index contributed by atoms with van der Waals surface area (Å²) in [6.07, 6.45) is 1.51. The molecule has 5 nitrogen and oxygen atoms in total. The molecule has 0 fully saturated rings. The van der Waals surface area contributed by atoms with E-state index in [9.17, 15) is 9.18 Å². The van der Waals surface area contributed by atoms with Gasteiger partial charge in [0.25, 0.3) is 0 Å². The summed E-state index contributed by atoms with van der Waals surface area (Å²) in [5, 5.41) is 9.03. The Hall–Kier alpha value is -2.15. The SMILES string of the molecule is Nc1ncc(Br)cc1OCc1cc(F)ccc1C(=O)O. The van der Waals surface area contributed by atoms with Crippen LogP contribution in [0, 0.1) is 5.82 Å². The van der Waals surface area contributed by atoms with E-state index in [1.165, 1.54) is 12.3 Å². The first-order valence-corrected chi connectivity index (χ1v) is 6.32. The number of benzene rings is 1. The van der Waals surface area contributed by atoms with Crippen molar-refractivity contribution in [1.29, 1.82) is 0 Å². The molecule has 0 aliphatic carbocycles. The summed E-state index contributed by atoms with van der Waals surface area (Å²) in [5.74, 6) is -1.22. The minimum Gasteiger partial charge on any atom is -0.485 e. The molecule has 0 saturated carbocycles. The lowest BCUT2D eigenvalue weighted by molar-refractivity contribution is 0.0694. The number of carboxylic acids is 1. The molecular weight excluding hydrogens is 331 g/mol. The Morgan fingerprint density at radius 2 is 2.20 bits per heavy atom. The van der Waals surface area contributed by atoms with Gasteiger partial charge in [0.1, 0.15) is 12.4 Å². The Balaban J connectivity index is 2.24. The average Bonchev–Trinajstić information content (AvgIpc) is 2.39. The molecule has 2 rings (SSSR count). The van der Waals surface area contributed by atoms with Crippen LogP contribution in [-0.2, 0) is 6.61 Å². The zero-order chi connectivity index (χ0) is 14.7. The van der Waals surface area contributed by atoms with Gasteiger partial charge < -0.3 is 15.6 Å². The molecular formula is C13H10BrFN2O3. The van der Waals surface area contributed by atoms with E-state index in [4.69, 9.17) is 15.6 Å². The van der Waals surface area contributed by atoms with Gasteiger partial charge in [0, 0.05) is 16.2 Å². The number of nitrogens with zero attached hydrogens (tertiary/aromatic N) is 1. The molecule has 0 saturated heterocycles. The van der Waals surface area contributed by atoms with Crippen molar-refractivity contribution in [3.8, 4) is 5.75 Å². The maximum Gasteiger partial charge on any atom is 0.336 e. The molecule has 0 spiro atoms. The molecule has 2 aromatic rings.